The highest BCUT2D eigenvalue weighted by molar-refractivity contribution is 7.09. The molecule has 2 aromatic heterocycles. The Bertz CT molecular complexity index is 549. The molecule has 0 atom stereocenters. The second-order valence-electron chi connectivity index (χ2n) is 5.66. The first-order valence-corrected chi connectivity index (χ1v) is 8.64. The molecule has 1 aliphatic carbocycles. The van der Waals surface area contributed by atoms with E-state index in [1.807, 2.05) is 11.3 Å². The number of rotatable bonds is 8. The van der Waals surface area contributed by atoms with Gasteiger partial charge >= 0.3 is 0 Å². The molecule has 0 amide bonds. The van der Waals surface area contributed by atoms with Gasteiger partial charge in [0.1, 0.15) is 0 Å². The van der Waals surface area contributed by atoms with E-state index in [1.165, 1.54) is 23.4 Å². The molecular formula is C17H23N3S. The highest BCUT2D eigenvalue weighted by atomic mass is 32.1. The summed E-state index contributed by atoms with van der Waals surface area (Å²) < 4.78 is 0. The lowest BCUT2D eigenvalue weighted by Crippen LogP contribution is -2.23. The van der Waals surface area contributed by atoms with Crippen LogP contribution in [0.2, 0.25) is 0 Å². The Balaban J connectivity index is 1.57. The lowest BCUT2D eigenvalue weighted by Gasteiger charge is -2.19. The van der Waals surface area contributed by atoms with Crippen LogP contribution in [0.5, 0.6) is 0 Å². The van der Waals surface area contributed by atoms with Crippen molar-refractivity contribution in [3.8, 4) is 0 Å². The van der Waals surface area contributed by atoms with Crippen LogP contribution in [-0.2, 0) is 19.6 Å². The Morgan fingerprint density at radius 2 is 2.05 bits per heavy atom. The standard InChI is InChI=1S/C17H23N3S/c1-2-20(13-17-7-4-10-21-17)12-16-6-3-5-15(19-16)11-18-14-8-9-14/h3-7,10,14,18H,2,8-9,11-13H2,1H3. The summed E-state index contributed by atoms with van der Waals surface area (Å²) in [6.45, 7) is 6.10. The molecule has 0 saturated heterocycles. The highest BCUT2D eigenvalue weighted by Gasteiger charge is 2.20. The highest BCUT2D eigenvalue weighted by Crippen LogP contribution is 2.19. The number of nitrogens with zero attached hydrogens (tertiary/aromatic N) is 2. The van der Waals surface area contributed by atoms with Gasteiger partial charge in [0.25, 0.3) is 0 Å². The van der Waals surface area contributed by atoms with Gasteiger partial charge in [-0.3, -0.25) is 9.88 Å². The van der Waals surface area contributed by atoms with E-state index in [0.29, 0.717) is 0 Å². The molecule has 1 fully saturated rings. The number of pyridine rings is 1. The van der Waals surface area contributed by atoms with Gasteiger partial charge < -0.3 is 5.32 Å². The van der Waals surface area contributed by atoms with Crippen molar-refractivity contribution in [2.45, 2.75) is 45.4 Å². The fraction of sp³-hybridized carbons (Fsp3) is 0.471. The predicted octanol–water partition coefficient (Wildman–Crippen LogP) is 3.42. The van der Waals surface area contributed by atoms with Crippen LogP contribution in [0, 0.1) is 0 Å². The first kappa shape index (κ1) is 14.7. The molecule has 1 N–H and O–H groups in total. The molecule has 0 spiro atoms. The van der Waals surface area contributed by atoms with E-state index in [1.54, 1.807) is 0 Å². The van der Waals surface area contributed by atoms with Crippen LogP contribution in [0.1, 0.15) is 36.0 Å². The molecule has 1 saturated carbocycles. The molecule has 2 aromatic rings. The van der Waals surface area contributed by atoms with E-state index in [9.17, 15) is 0 Å². The summed E-state index contributed by atoms with van der Waals surface area (Å²) in [5.74, 6) is 0. The number of nitrogens with one attached hydrogen (secondary N) is 1. The lowest BCUT2D eigenvalue weighted by molar-refractivity contribution is 0.270. The summed E-state index contributed by atoms with van der Waals surface area (Å²) in [6, 6.07) is 11.5. The Kier molecular flexibility index (Phi) is 5.01. The second-order valence-corrected chi connectivity index (χ2v) is 6.69. The maximum atomic E-state index is 4.79. The second kappa shape index (κ2) is 7.16. The summed E-state index contributed by atoms with van der Waals surface area (Å²) >= 11 is 1.83. The van der Waals surface area contributed by atoms with Crippen LogP contribution in [0.4, 0.5) is 0 Å². The Morgan fingerprint density at radius 1 is 1.19 bits per heavy atom. The van der Waals surface area contributed by atoms with Crippen LogP contribution in [-0.4, -0.2) is 22.5 Å². The van der Waals surface area contributed by atoms with Crippen molar-refractivity contribution >= 4 is 11.3 Å². The summed E-state index contributed by atoms with van der Waals surface area (Å²) in [5.41, 5.74) is 2.33. The van der Waals surface area contributed by atoms with Crippen molar-refractivity contribution in [2.75, 3.05) is 6.54 Å². The molecule has 0 unspecified atom stereocenters. The number of aromatic nitrogens is 1. The van der Waals surface area contributed by atoms with Gasteiger partial charge in [-0.25, -0.2) is 0 Å². The van der Waals surface area contributed by atoms with Crippen LogP contribution < -0.4 is 5.32 Å². The quantitative estimate of drug-likeness (QED) is 0.810. The van der Waals surface area contributed by atoms with E-state index in [2.05, 4.69) is 52.9 Å². The van der Waals surface area contributed by atoms with Gasteiger partial charge in [0.2, 0.25) is 0 Å². The van der Waals surface area contributed by atoms with Gasteiger partial charge in [-0.1, -0.05) is 19.1 Å². The van der Waals surface area contributed by atoms with Crippen LogP contribution in [0.3, 0.4) is 0 Å². The number of hydrogen-bond donors (Lipinski definition) is 1. The monoisotopic (exact) mass is 301 g/mol. The summed E-state index contributed by atoms with van der Waals surface area (Å²) in [7, 11) is 0. The summed E-state index contributed by atoms with van der Waals surface area (Å²) in [5, 5.41) is 5.67. The van der Waals surface area contributed by atoms with Crippen molar-refractivity contribution in [3.05, 3.63) is 52.0 Å². The molecule has 1 aliphatic rings. The van der Waals surface area contributed by atoms with E-state index in [4.69, 9.17) is 4.98 Å². The number of thiophene rings is 1. The SMILES string of the molecule is CCN(Cc1cccc(CNC2CC2)n1)Cc1cccs1. The topological polar surface area (TPSA) is 28.2 Å². The van der Waals surface area contributed by atoms with Gasteiger partial charge in [0.05, 0.1) is 11.4 Å². The van der Waals surface area contributed by atoms with E-state index in [0.717, 1.165) is 37.9 Å². The third-order valence-corrected chi connectivity index (χ3v) is 4.67. The molecule has 3 rings (SSSR count). The Labute approximate surface area is 131 Å². The molecule has 2 heterocycles. The van der Waals surface area contributed by atoms with E-state index < -0.39 is 0 Å². The molecule has 112 valence electrons. The summed E-state index contributed by atoms with van der Waals surface area (Å²) in [6.07, 6.45) is 2.65. The average Bonchev–Trinajstić information content (AvgIpc) is 3.20. The van der Waals surface area contributed by atoms with Crippen molar-refractivity contribution in [1.29, 1.82) is 0 Å². The van der Waals surface area contributed by atoms with Crippen LogP contribution in [0.15, 0.2) is 35.7 Å². The third-order valence-electron chi connectivity index (χ3n) is 3.81. The minimum atomic E-state index is 0.737. The molecule has 4 heteroatoms. The van der Waals surface area contributed by atoms with Crippen molar-refractivity contribution in [3.63, 3.8) is 0 Å². The largest absolute Gasteiger partial charge is 0.308 e. The lowest BCUT2D eigenvalue weighted by atomic mass is 10.2. The molecular weight excluding hydrogens is 278 g/mol. The molecule has 0 radical (unpaired) electrons. The zero-order chi connectivity index (χ0) is 14.5. The number of hydrogen-bond acceptors (Lipinski definition) is 4. The zero-order valence-corrected chi connectivity index (χ0v) is 13.4. The van der Waals surface area contributed by atoms with Crippen molar-refractivity contribution < 1.29 is 0 Å². The molecule has 0 aliphatic heterocycles. The fourth-order valence-corrected chi connectivity index (χ4v) is 3.13. The van der Waals surface area contributed by atoms with Gasteiger partial charge in [0.15, 0.2) is 0 Å². The minimum Gasteiger partial charge on any atom is -0.308 e. The third kappa shape index (κ3) is 4.63. The van der Waals surface area contributed by atoms with Crippen LogP contribution in [0.25, 0.3) is 0 Å². The zero-order valence-electron chi connectivity index (χ0n) is 12.6. The van der Waals surface area contributed by atoms with Crippen molar-refractivity contribution in [2.24, 2.45) is 0 Å². The molecule has 0 bridgehead atoms. The summed E-state index contributed by atoms with van der Waals surface area (Å²) in [4.78, 5) is 8.65. The first-order chi connectivity index (χ1) is 10.3. The molecule has 21 heavy (non-hydrogen) atoms. The molecule has 0 aromatic carbocycles. The van der Waals surface area contributed by atoms with Crippen molar-refractivity contribution in [1.82, 2.24) is 15.2 Å². The fourth-order valence-electron chi connectivity index (χ4n) is 2.38. The Hall–Kier alpha value is -1.23. The molecule has 3 nitrogen and oxygen atoms in total. The first-order valence-electron chi connectivity index (χ1n) is 7.76. The Morgan fingerprint density at radius 3 is 2.76 bits per heavy atom. The van der Waals surface area contributed by atoms with Crippen LogP contribution >= 0.6 is 11.3 Å². The van der Waals surface area contributed by atoms with E-state index >= 15 is 0 Å². The normalized spacial score (nSPS) is 14.8. The van der Waals surface area contributed by atoms with Gasteiger partial charge in [-0.15, -0.1) is 11.3 Å². The van der Waals surface area contributed by atoms with E-state index in [-0.39, 0.29) is 0 Å². The maximum Gasteiger partial charge on any atom is 0.0548 e. The van der Waals surface area contributed by atoms with Gasteiger partial charge in [0, 0.05) is 30.6 Å². The van der Waals surface area contributed by atoms with Gasteiger partial charge in [-0.05, 0) is 43.0 Å². The van der Waals surface area contributed by atoms with Gasteiger partial charge in [-0.2, -0.15) is 0 Å². The predicted molar refractivity (Wildman–Crippen MR) is 88.2 cm³/mol. The minimum absolute atomic E-state index is 0.737. The average molecular weight is 301 g/mol. The smallest absolute Gasteiger partial charge is 0.0548 e. The maximum absolute atomic E-state index is 4.79.